The van der Waals surface area contributed by atoms with Gasteiger partial charge in [-0.15, -0.1) is 0 Å². The van der Waals surface area contributed by atoms with E-state index in [-0.39, 0.29) is 0 Å². The topological polar surface area (TPSA) is 42.8 Å². The normalized spacial score (nSPS) is 11.1. The van der Waals surface area contributed by atoms with Crippen LogP contribution < -0.4 is 4.74 Å². The van der Waals surface area contributed by atoms with Crippen molar-refractivity contribution in [3.05, 3.63) is 39.9 Å². The van der Waals surface area contributed by atoms with Crippen LogP contribution in [0.2, 0.25) is 0 Å². The maximum atomic E-state index is 5.97. The molecule has 1 aromatic heterocycles. The molecule has 1 heterocycles. The molecule has 1 aromatic carbocycles. The van der Waals surface area contributed by atoms with Gasteiger partial charge in [0, 0.05) is 6.54 Å². The molecule has 2 rings (SSSR count). The summed E-state index contributed by atoms with van der Waals surface area (Å²) in [5.74, 6) is 2.18. The van der Waals surface area contributed by atoms with Gasteiger partial charge in [-0.05, 0) is 49.2 Å². The lowest BCUT2D eigenvalue weighted by atomic mass is 10.0. The molecule has 0 spiro atoms. The van der Waals surface area contributed by atoms with Crippen molar-refractivity contribution in [1.29, 1.82) is 0 Å². The number of hydrogen-bond donors (Lipinski definition) is 1. The third-order valence-corrected chi connectivity index (χ3v) is 3.61. The fourth-order valence-corrected chi connectivity index (χ4v) is 2.45. The third kappa shape index (κ3) is 3.10. The van der Waals surface area contributed by atoms with E-state index in [4.69, 9.17) is 17.0 Å². The van der Waals surface area contributed by atoms with E-state index in [2.05, 4.69) is 49.2 Å². The van der Waals surface area contributed by atoms with Crippen molar-refractivity contribution >= 4 is 12.2 Å². The smallest absolute Gasteiger partial charge is 0.195 e. The Morgan fingerprint density at radius 3 is 2.80 bits per heavy atom. The second-order valence-corrected chi connectivity index (χ2v) is 5.56. The van der Waals surface area contributed by atoms with Crippen molar-refractivity contribution in [2.24, 2.45) is 0 Å². The highest BCUT2D eigenvalue weighted by molar-refractivity contribution is 7.71. The van der Waals surface area contributed by atoms with Gasteiger partial charge in [0.15, 0.2) is 10.6 Å². The second kappa shape index (κ2) is 6.22. The highest BCUT2D eigenvalue weighted by atomic mass is 32.1. The number of ether oxygens (including phenoxy) is 1. The van der Waals surface area contributed by atoms with Crippen molar-refractivity contribution in [2.75, 3.05) is 0 Å². The Kier molecular flexibility index (Phi) is 4.60. The third-order valence-electron chi connectivity index (χ3n) is 3.30. The molecule has 0 bridgehead atoms. The van der Waals surface area contributed by atoms with Gasteiger partial charge in [0.2, 0.25) is 0 Å². The number of nitrogens with one attached hydrogen (secondary N) is 1. The number of aryl methyl sites for hydroxylation is 1. The Morgan fingerprint density at radius 2 is 2.15 bits per heavy atom. The lowest BCUT2D eigenvalue weighted by molar-refractivity contribution is 0.285. The molecule has 0 amide bonds. The second-order valence-electron chi connectivity index (χ2n) is 5.17. The Bertz CT molecular complexity index is 643. The van der Waals surface area contributed by atoms with Gasteiger partial charge in [-0.1, -0.05) is 26.0 Å². The van der Waals surface area contributed by atoms with E-state index >= 15 is 0 Å². The SMILES string of the molecule is CCn1c(COc2cc(C)ccc2C(C)C)n[nH]c1=S. The molecule has 5 heteroatoms. The Hall–Kier alpha value is -1.62. The largest absolute Gasteiger partial charge is 0.485 e. The summed E-state index contributed by atoms with van der Waals surface area (Å²) in [6.07, 6.45) is 0. The summed E-state index contributed by atoms with van der Waals surface area (Å²) in [5, 5.41) is 7.03. The molecule has 0 aliphatic carbocycles. The first kappa shape index (κ1) is 14.8. The van der Waals surface area contributed by atoms with Crippen molar-refractivity contribution in [2.45, 2.75) is 46.8 Å². The van der Waals surface area contributed by atoms with Gasteiger partial charge in [-0.3, -0.25) is 5.10 Å². The number of nitrogens with zero attached hydrogens (tertiary/aromatic N) is 2. The summed E-state index contributed by atoms with van der Waals surface area (Å²) in [4.78, 5) is 0. The van der Waals surface area contributed by atoms with Crippen LogP contribution >= 0.6 is 12.2 Å². The van der Waals surface area contributed by atoms with Gasteiger partial charge >= 0.3 is 0 Å². The average Bonchev–Trinajstić information content (AvgIpc) is 2.76. The minimum absolute atomic E-state index is 0.421. The van der Waals surface area contributed by atoms with E-state index in [0.29, 0.717) is 17.3 Å². The Morgan fingerprint density at radius 1 is 1.40 bits per heavy atom. The number of hydrogen-bond acceptors (Lipinski definition) is 3. The number of aromatic nitrogens is 3. The van der Waals surface area contributed by atoms with Crippen LogP contribution in [0.5, 0.6) is 5.75 Å². The first-order chi connectivity index (χ1) is 9.52. The van der Waals surface area contributed by atoms with Gasteiger partial charge in [0.05, 0.1) is 0 Å². The Balaban J connectivity index is 2.22. The number of H-pyrrole nitrogens is 1. The van der Waals surface area contributed by atoms with Crippen molar-refractivity contribution in [1.82, 2.24) is 14.8 Å². The summed E-state index contributed by atoms with van der Waals surface area (Å²) >= 11 is 5.18. The molecular formula is C15H21N3OS. The first-order valence-corrected chi connectivity index (χ1v) is 7.31. The Labute approximate surface area is 124 Å². The van der Waals surface area contributed by atoms with Crippen LogP contribution in [0.4, 0.5) is 0 Å². The number of benzene rings is 1. The van der Waals surface area contributed by atoms with E-state index in [1.165, 1.54) is 11.1 Å². The molecule has 0 saturated carbocycles. The molecule has 0 unspecified atom stereocenters. The van der Waals surface area contributed by atoms with Crippen molar-refractivity contribution in [3.63, 3.8) is 0 Å². The number of rotatable bonds is 5. The molecule has 2 aromatic rings. The molecule has 20 heavy (non-hydrogen) atoms. The van der Waals surface area contributed by atoms with E-state index in [1.54, 1.807) is 0 Å². The molecule has 1 N–H and O–H groups in total. The monoisotopic (exact) mass is 291 g/mol. The maximum Gasteiger partial charge on any atom is 0.195 e. The van der Waals surface area contributed by atoms with Crippen LogP contribution in [0.1, 0.15) is 43.6 Å². The minimum Gasteiger partial charge on any atom is -0.485 e. The lowest BCUT2D eigenvalue weighted by Gasteiger charge is -2.14. The van der Waals surface area contributed by atoms with Gasteiger partial charge in [-0.2, -0.15) is 5.10 Å². The summed E-state index contributed by atoms with van der Waals surface area (Å²) in [7, 11) is 0. The van der Waals surface area contributed by atoms with Crippen molar-refractivity contribution < 1.29 is 4.74 Å². The minimum atomic E-state index is 0.421. The van der Waals surface area contributed by atoms with E-state index in [1.807, 2.05) is 11.5 Å². The molecule has 0 aliphatic heterocycles. The van der Waals surface area contributed by atoms with Crippen LogP contribution in [0.15, 0.2) is 18.2 Å². The fraction of sp³-hybridized carbons (Fsp3) is 0.467. The predicted molar refractivity (Wildman–Crippen MR) is 82.7 cm³/mol. The zero-order valence-electron chi connectivity index (χ0n) is 12.4. The van der Waals surface area contributed by atoms with Gasteiger partial charge < -0.3 is 9.30 Å². The molecule has 0 fully saturated rings. The first-order valence-electron chi connectivity index (χ1n) is 6.90. The van der Waals surface area contributed by atoms with E-state index in [9.17, 15) is 0 Å². The molecule has 0 radical (unpaired) electrons. The molecule has 108 valence electrons. The molecular weight excluding hydrogens is 270 g/mol. The summed E-state index contributed by atoms with van der Waals surface area (Å²) < 4.78 is 8.55. The zero-order valence-corrected chi connectivity index (χ0v) is 13.3. The highest BCUT2D eigenvalue weighted by Gasteiger charge is 2.10. The van der Waals surface area contributed by atoms with E-state index in [0.717, 1.165) is 18.1 Å². The highest BCUT2D eigenvalue weighted by Crippen LogP contribution is 2.28. The molecule has 0 atom stereocenters. The summed E-state index contributed by atoms with van der Waals surface area (Å²) in [6, 6.07) is 6.32. The van der Waals surface area contributed by atoms with Crippen molar-refractivity contribution in [3.8, 4) is 5.75 Å². The fourth-order valence-electron chi connectivity index (χ4n) is 2.17. The lowest BCUT2D eigenvalue weighted by Crippen LogP contribution is -2.07. The van der Waals surface area contributed by atoms with Crippen LogP contribution in [-0.2, 0) is 13.2 Å². The van der Waals surface area contributed by atoms with Crippen LogP contribution in [0, 0.1) is 11.7 Å². The predicted octanol–water partition coefficient (Wildman–Crippen LogP) is 3.97. The number of aromatic amines is 1. The quantitative estimate of drug-likeness (QED) is 0.848. The summed E-state index contributed by atoms with van der Waals surface area (Å²) in [5.41, 5.74) is 2.41. The average molecular weight is 291 g/mol. The standard InChI is InChI=1S/C15H21N3OS/c1-5-18-14(16-17-15(18)20)9-19-13-8-11(4)6-7-12(13)10(2)3/h6-8,10H,5,9H2,1-4H3,(H,17,20). The summed E-state index contributed by atoms with van der Waals surface area (Å²) in [6.45, 7) is 9.66. The maximum absolute atomic E-state index is 5.97. The van der Waals surface area contributed by atoms with Gasteiger partial charge in [0.25, 0.3) is 0 Å². The van der Waals surface area contributed by atoms with Gasteiger partial charge in [-0.25, -0.2) is 0 Å². The zero-order chi connectivity index (χ0) is 14.7. The van der Waals surface area contributed by atoms with Gasteiger partial charge in [0.1, 0.15) is 12.4 Å². The van der Waals surface area contributed by atoms with Crippen LogP contribution in [0.25, 0.3) is 0 Å². The molecule has 0 aliphatic rings. The van der Waals surface area contributed by atoms with Crippen LogP contribution in [0.3, 0.4) is 0 Å². The van der Waals surface area contributed by atoms with Crippen LogP contribution in [-0.4, -0.2) is 14.8 Å². The molecule has 0 saturated heterocycles. The molecule has 4 nitrogen and oxygen atoms in total. The van der Waals surface area contributed by atoms with E-state index < -0.39 is 0 Å².